The number of carbonyl (C=O) groups excluding carboxylic acids is 2. The minimum atomic E-state index is -4.00. The number of alkyl carbamates (subject to hydrolysis) is 1. The number of ether oxygens (including phenoxy) is 2. The van der Waals surface area contributed by atoms with Crippen LogP contribution in [0, 0.1) is 6.92 Å². The van der Waals surface area contributed by atoms with Crippen molar-refractivity contribution in [3.63, 3.8) is 0 Å². The van der Waals surface area contributed by atoms with Crippen LogP contribution in [0.15, 0.2) is 102 Å². The number of hydrogen-bond acceptors (Lipinski definition) is 7. The molecule has 234 valence electrons. The molecule has 0 heterocycles. The van der Waals surface area contributed by atoms with Gasteiger partial charge >= 0.3 is 22.2 Å². The third-order valence-corrected chi connectivity index (χ3v) is 8.68. The number of aryl methyl sites for hydroxylation is 1. The number of nitrogens with one attached hydrogen (secondary N) is 1. The maximum absolute atomic E-state index is 13.1. The highest BCUT2D eigenvalue weighted by atomic mass is 32.2. The zero-order valence-corrected chi connectivity index (χ0v) is 26.6. The molecule has 1 amide bonds. The summed E-state index contributed by atoms with van der Waals surface area (Å²) in [4.78, 5) is 25.9. The second kappa shape index (κ2) is 13.2. The molecule has 0 fully saturated rings. The highest BCUT2D eigenvalue weighted by molar-refractivity contribution is 7.87. The lowest BCUT2D eigenvalue weighted by molar-refractivity contribution is -0.155. The van der Waals surface area contributed by atoms with E-state index in [1.165, 1.54) is 12.1 Å². The molecule has 9 heteroatoms. The van der Waals surface area contributed by atoms with Crippen LogP contribution in [-0.4, -0.2) is 38.7 Å². The van der Waals surface area contributed by atoms with Gasteiger partial charge in [-0.25, -0.2) is 4.79 Å². The maximum Gasteiger partial charge on any atom is 0.407 e. The van der Waals surface area contributed by atoms with Gasteiger partial charge in [0.1, 0.15) is 22.9 Å². The molecule has 8 nitrogen and oxygen atoms in total. The topological polar surface area (TPSA) is 108 Å². The quantitative estimate of drug-likeness (QED) is 0.150. The van der Waals surface area contributed by atoms with Gasteiger partial charge in [0.05, 0.1) is 6.42 Å². The summed E-state index contributed by atoms with van der Waals surface area (Å²) >= 11 is 0. The molecule has 0 bridgehead atoms. The van der Waals surface area contributed by atoms with Gasteiger partial charge in [0.25, 0.3) is 0 Å². The Morgan fingerprint density at radius 1 is 0.822 bits per heavy atom. The van der Waals surface area contributed by atoms with Gasteiger partial charge in [-0.15, -0.1) is 0 Å². The Labute approximate surface area is 264 Å². The van der Waals surface area contributed by atoms with Gasteiger partial charge in [0.2, 0.25) is 0 Å². The number of fused-ring (bicyclic) bond motifs is 3. The number of benzene rings is 4. The van der Waals surface area contributed by atoms with E-state index in [4.69, 9.17) is 13.7 Å². The van der Waals surface area contributed by atoms with Crippen LogP contribution in [-0.2, 0) is 30.8 Å². The van der Waals surface area contributed by atoms with Crippen molar-refractivity contribution in [1.29, 1.82) is 0 Å². The summed E-state index contributed by atoms with van der Waals surface area (Å²) in [6.07, 6.45) is -0.453. The number of hydrogen-bond donors (Lipinski definition) is 1. The lowest BCUT2D eigenvalue weighted by Gasteiger charge is -2.23. The standard InChI is InChI=1S/C36H37NO7S/c1-24-13-19-28(20-14-24)45(40,41)44-27-17-15-25(16-18-27)21-26(22-34(38)43-36(2,3)4)37-35(39)42-23-33-31-11-7-5-9-29(31)30-10-6-8-12-32(30)33/h5-20,26,33H,21-23H2,1-4H3,(H,37,39). The SMILES string of the molecule is Cc1ccc(S(=O)(=O)Oc2ccc(CC(CC(=O)OC(C)(C)C)NC(=O)OCC3c4ccccc4-c4ccccc43)cc2)cc1. The molecule has 0 saturated heterocycles. The van der Waals surface area contributed by atoms with Crippen LogP contribution in [0.3, 0.4) is 0 Å². The lowest BCUT2D eigenvalue weighted by atomic mass is 9.98. The minimum Gasteiger partial charge on any atom is -0.460 e. The first-order valence-corrected chi connectivity index (χ1v) is 16.2. The van der Waals surface area contributed by atoms with E-state index in [1.54, 1.807) is 57.2 Å². The van der Waals surface area contributed by atoms with Crippen LogP contribution < -0.4 is 9.50 Å². The highest BCUT2D eigenvalue weighted by Crippen LogP contribution is 2.44. The fourth-order valence-corrected chi connectivity index (χ4v) is 6.34. The van der Waals surface area contributed by atoms with Crippen LogP contribution in [0.25, 0.3) is 11.1 Å². The predicted molar refractivity (Wildman–Crippen MR) is 172 cm³/mol. The number of amides is 1. The normalized spacial score (nSPS) is 13.3. The van der Waals surface area contributed by atoms with E-state index >= 15 is 0 Å². The summed E-state index contributed by atoms with van der Waals surface area (Å²) in [5.74, 6) is -0.417. The Balaban J connectivity index is 1.25. The van der Waals surface area contributed by atoms with Crippen molar-refractivity contribution in [3.8, 4) is 16.9 Å². The van der Waals surface area contributed by atoms with Crippen molar-refractivity contribution in [2.75, 3.05) is 6.61 Å². The third-order valence-electron chi connectivity index (χ3n) is 7.42. The fraction of sp³-hybridized carbons (Fsp3) is 0.278. The third kappa shape index (κ3) is 8.10. The van der Waals surface area contributed by atoms with Crippen molar-refractivity contribution >= 4 is 22.2 Å². The smallest absolute Gasteiger partial charge is 0.407 e. The van der Waals surface area contributed by atoms with E-state index in [2.05, 4.69) is 17.4 Å². The molecule has 1 aliphatic rings. The Morgan fingerprint density at radius 3 is 1.98 bits per heavy atom. The van der Waals surface area contributed by atoms with Crippen LogP contribution in [0.4, 0.5) is 4.79 Å². The largest absolute Gasteiger partial charge is 0.460 e. The van der Waals surface area contributed by atoms with Crippen LogP contribution in [0.1, 0.15) is 55.4 Å². The van der Waals surface area contributed by atoms with Crippen molar-refractivity contribution in [2.24, 2.45) is 0 Å². The summed E-state index contributed by atoms with van der Waals surface area (Å²) < 4.78 is 41.9. The van der Waals surface area contributed by atoms with Gasteiger partial charge < -0.3 is 19.0 Å². The van der Waals surface area contributed by atoms with Gasteiger partial charge in [-0.2, -0.15) is 8.42 Å². The van der Waals surface area contributed by atoms with Crippen molar-refractivity contribution in [3.05, 3.63) is 119 Å². The summed E-state index contributed by atoms with van der Waals surface area (Å²) in [5, 5.41) is 2.84. The highest BCUT2D eigenvalue weighted by Gasteiger charge is 2.30. The van der Waals surface area contributed by atoms with Gasteiger partial charge in [-0.05, 0) is 86.2 Å². The first-order chi connectivity index (χ1) is 21.4. The molecule has 0 saturated carbocycles. The van der Waals surface area contributed by atoms with E-state index in [9.17, 15) is 18.0 Å². The van der Waals surface area contributed by atoms with Gasteiger partial charge in [-0.3, -0.25) is 4.79 Å². The average molecular weight is 628 g/mol. The molecule has 1 aliphatic carbocycles. The molecule has 0 aliphatic heterocycles. The van der Waals surface area contributed by atoms with E-state index in [0.29, 0.717) is 0 Å². The molecule has 45 heavy (non-hydrogen) atoms. The molecular weight excluding hydrogens is 590 g/mol. The molecule has 4 aromatic carbocycles. The van der Waals surface area contributed by atoms with E-state index in [0.717, 1.165) is 33.4 Å². The lowest BCUT2D eigenvalue weighted by Crippen LogP contribution is -2.40. The number of esters is 1. The summed E-state index contributed by atoms with van der Waals surface area (Å²) in [7, 11) is -4.00. The molecule has 0 aromatic heterocycles. The summed E-state index contributed by atoms with van der Waals surface area (Å²) in [6, 6.07) is 28.4. The summed E-state index contributed by atoms with van der Waals surface area (Å²) in [6.45, 7) is 7.35. The van der Waals surface area contributed by atoms with E-state index in [-0.39, 0.29) is 36.0 Å². The first-order valence-electron chi connectivity index (χ1n) is 14.8. The first kappa shape index (κ1) is 31.8. The molecule has 0 spiro atoms. The monoisotopic (exact) mass is 627 g/mol. The predicted octanol–water partition coefficient (Wildman–Crippen LogP) is 6.94. The van der Waals surface area contributed by atoms with Gasteiger partial charge in [0.15, 0.2) is 0 Å². The number of carbonyl (C=O) groups is 2. The van der Waals surface area contributed by atoms with Crippen LogP contribution in [0.2, 0.25) is 0 Å². The molecule has 1 N–H and O–H groups in total. The Bertz CT molecular complexity index is 1730. The zero-order chi connectivity index (χ0) is 32.2. The van der Waals surface area contributed by atoms with E-state index < -0.39 is 33.8 Å². The van der Waals surface area contributed by atoms with Crippen molar-refractivity contribution in [1.82, 2.24) is 5.32 Å². The fourth-order valence-electron chi connectivity index (χ4n) is 5.41. The van der Waals surface area contributed by atoms with Gasteiger partial charge in [0, 0.05) is 12.0 Å². The van der Waals surface area contributed by atoms with Crippen LogP contribution in [0.5, 0.6) is 5.75 Å². The zero-order valence-electron chi connectivity index (χ0n) is 25.8. The molecule has 0 radical (unpaired) electrons. The Hall–Kier alpha value is -4.63. The average Bonchev–Trinajstić information content (AvgIpc) is 3.30. The van der Waals surface area contributed by atoms with Crippen LogP contribution >= 0.6 is 0 Å². The Kier molecular flexibility index (Phi) is 9.29. The second-order valence-electron chi connectivity index (χ2n) is 12.2. The minimum absolute atomic E-state index is 0.0573. The number of rotatable bonds is 10. The molecule has 1 unspecified atom stereocenters. The Morgan fingerprint density at radius 2 is 1.40 bits per heavy atom. The molecule has 5 rings (SSSR count). The second-order valence-corrected chi connectivity index (χ2v) is 13.7. The van der Waals surface area contributed by atoms with Gasteiger partial charge in [-0.1, -0.05) is 78.4 Å². The maximum atomic E-state index is 13.1. The van der Waals surface area contributed by atoms with E-state index in [1.807, 2.05) is 43.3 Å². The van der Waals surface area contributed by atoms with Crippen molar-refractivity contribution in [2.45, 2.75) is 63.0 Å². The van der Waals surface area contributed by atoms with Crippen molar-refractivity contribution < 1.29 is 31.7 Å². The molecule has 1 atom stereocenters. The summed E-state index contributed by atoms with van der Waals surface area (Å²) in [5.41, 5.74) is 5.46. The molecule has 4 aromatic rings. The molecular formula is C36H37NO7S.